The Morgan fingerprint density at radius 3 is 2.46 bits per heavy atom. The summed E-state index contributed by atoms with van der Waals surface area (Å²) in [7, 11) is -4.31. The molecule has 0 amide bonds. The van der Waals surface area contributed by atoms with E-state index in [9.17, 15) is 8.42 Å². The molecule has 0 aliphatic heterocycles. The number of nitrogen functional groups attached to an aromatic ring is 1. The van der Waals surface area contributed by atoms with Crippen LogP contribution in [0.25, 0.3) is 0 Å². The van der Waals surface area contributed by atoms with Crippen molar-refractivity contribution in [2.45, 2.75) is 11.5 Å². The Morgan fingerprint density at radius 2 is 2.00 bits per heavy atom. The standard InChI is InChI=1S/C7H9NO4S/c8-6-2-1-5(4-9)7(3-6)13(10,11)12/h1-3,9H,4,8H2,(H,10,11,12). The van der Waals surface area contributed by atoms with Crippen molar-refractivity contribution >= 4 is 15.8 Å². The minimum absolute atomic E-state index is 0.122. The quantitative estimate of drug-likeness (QED) is 0.464. The molecule has 1 rings (SSSR count). The van der Waals surface area contributed by atoms with Gasteiger partial charge in [0.05, 0.1) is 6.61 Å². The van der Waals surface area contributed by atoms with Crippen LogP contribution in [-0.2, 0) is 16.7 Å². The second-order valence-electron chi connectivity index (χ2n) is 2.50. The highest BCUT2D eigenvalue weighted by molar-refractivity contribution is 7.85. The number of nitrogens with two attached hydrogens (primary N) is 1. The second kappa shape index (κ2) is 3.33. The molecule has 0 unspecified atom stereocenters. The van der Waals surface area contributed by atoms with Gasteiger partial charge in [-0.05, 0) is 17.7 Å². The first kappa shape index (κ1) is 9.97. The molecule has 1 aromatic carbocycles. The van der Waals surface area contributed by atoms with Gasteiger partial charge in [0, 0.05) is 5.69 Å². The Morgan fingerprint density at radius 1 is 1.38 bits per heavy atom. The van der Waals surface area contributed by atoms with Crippen LogP contribution in [0.2, 0.25) is 0 Å². The highest BCUT2D eigenvalue weighted by atomic mass is 32.2. The SMILES string of the molecule is Nc1ccc(CO)c(S(=O)(=O)O)c1. The zero-order valence-corrected chi connectivity index (χ0v) is 7.45. The lowest BCUT2D eigenvalue weighted by atomic mass is 10.2. The Bertz CT molecular complexity index is 413. The van der Waals surface area contributed by atoms with Crippen LogP contribution < -0.4 is 5.73 Å². The lowest BCUT2D eigenvalue weighted by Crippen LogP contribution is -2.04. The molecule has 0 spiro atoms. The van der Waals surface area contributed by atoms with Gasteiger partial charge in [0.25, 0.3) is 10.1 Å². The molecule has 0 atom stereocenters. The molecule has 0 radical (unpaired) electrons. The number of anilines is 1. The summed E-state index contributed by atoms with van der Waals surface area (Å²) in [6.45, 7) is -0.463. The summed E-state index contributed by atoms with van der Waals surface area (Å²) in [5.41, 5.74) is 5.66. The normalized spacial score (nSPS) is 11.5. The number of aliphatic hydroxyl groups excluding tert-OH is 1. The van der Waals surface area contributed by atoms with Crippen LogP contribution in [0.5, 0.6) is 0 Å². The first-order chi connectivity index (χ1) is 5.95. The number of benzene rings is 1. The number of hydrogen-bond donors (Lipinski definition) is 3. The average molecular weight is 203 g/mol. The van der Waals surface area contributed by atoms with Gasteiger partial charge in [0.15, 0.2) is 0 Å². The van der Waals surface area contributed by atoms with Gasteiger partial charge in [-0.2, -0.15) is 8.42 Å². The van der Waals surface area contributed by atoms with Gasteiger partial charge in [0.1, 0.15) is 4.90 Å². The predicted octanol–water partition coefficient (Wildman–Crippen LogP) is 0.00780. The molecule has 0 aliphatic rings. The van der Waals surface area contributed by atoms with Crippen LogP contribution in [0, 0.1) is 0 Å². The zero-order chi connectivity index (χ0) is 10.1. The minimum Gasteiger partial charge on any atom is -0.399 e. The Labute approximate surface area is 75.6 Å². The predicted molar refractivity (Wildman–Crippen MR) is 46.6 cm³/mol. The zero-order valence-electron chi connectivity index (χ0n) is 6.64. The van der Waals surface area contributed by atoms with Gasteiger partial charge >= 0.3 is 0 Å². The summed E-state index contributed by atoms with van der Waals surface area (Å²) in [6.07, 6.45) is 0. The van der Waals surface area contributed by atoms with Gasteiger partial charge in [-0.25, -0.2) is 0 Å². The lowest BCUT2D eigenvalue weighted by molar-refractivity contribution is 0.278. The van der Waals surface area contributed by atoms with E-state index >= 15 is 0 Å². The maximum Gasteiger partial charge on any atom is 0.294 e. The Balaban J connectivity index is 3.41. The molecule has 4 N–H and O–H groups in total. The molecule has 1 aromatic rings. The van der Waals surface area contributed by atoms with E-state index in [-0.39, 0.29) is 16.1 Å². The molecule has 13 heavy (non-hydrogen) atoms. The second-order valence-corrected chi connectivity index (χ2v) is 3.89. The molecular weight excluding hydrogens is 194 g/mol. The lowest BCUT2D eigenvalue weighted by Gasteiger charge is -2.04. The third-order valence-corrected chi connectivity index (χ3v) is 2.48. The van der Waals surface area contributed by atoms with Crippen LogP contribution >= 0.6 is 0 Å². The Hall–Kier alpha value is -1.11. The van der Waals surface area contributed by atoms with Crippen molar-refractivity contribution in [1.82, 2.24) is 0 Å². The van der Waals surface area contributed by atoms with Crippen LogP contribution in [0.15, 0.2) is 23.1 Å². The van der Waals surface area contributed by atoms with Gasteiger partial charge in [-0.1, -0.05) is 6.07 Å². The molecular formula is C7H9NO4S. The van der Waals surface area contributed by atoms with Crippen molar-refractivity contribution in [3.05, 3.63) is 23.8 Å². The molecule has 0 saturated heterocycles. The third-order valence-electron chi connectivity index (χ3n) is 1.54. The van der Waals surface area contributed by atoms with Gasteiger partial charge in [-0.3, -0.25) is 4.55 Å². The van der Waals surface area contributed by atoms with Crippen LogP contribution in [0.3, 0.4) is 0 Å². The molecule has 6 heteroatoms. The summed E-state index contributed by atoms with van der Waals surface area (Å²) in [5.74, 6) is 0. The van der Waals surface area contributed by atoms with E-state index in [0.29, 0.717) is 0 Å². The van der Waals surface area contributed by atoms with E-state index in [1.165, 1.54) is 12.1 Å². The van der Waals surface area contributed by atoms with Gasteiger partial charge < -0.3 is 10.8 Å². The van der Waals surface area contributed by atoms with Crippen molar-refractivity contribution in [3.8, 4) is 0 Å². The Kier molecular flexibility index (Phi) is 2.55. The molecule has 72 valence electrons. The van der Waals surface area contributed by atoms with E-state index in [2.05, 4.69) is 0 Å². The summed E-state index contributed by atoms with van der Waals surface area (Å²) < 4.78 is 30.2. The van der Waals surface area contributed by atoms with Crippen molar-refractivity contribution in [2.24, 2.45) is 0 Å². The summed E-state index contributed by atoms with van der Waals surface area (Å²) >= 11 is 0. The van der Waals surface area contributed by atoms with E-state index < -0.39 is 16.7 Å². The van der Waals surface area contributed by atoms with Gasteiger partial charge in [0.2, 0.25) is 0 Å². The van der Waals surface area contributed by atoms with Crippen molar-refractivity contribution < 1.29 is 18.1 Å². The number of aliphatic hydroxyl groups is 1. The monoisotopic (exact) mass is 203 g/mol. The maximum atomic E-state index is 10.8. The first-order valence-corrected chi connectivity index (χ1v) is 4.86. The van der Waals surface area contributed by atoms with E-state index in [1.807, 2.05) is 0 Å². The summed E-state index contributed by atoms with van der Waals surface area (Å²) in [4.78, 5) is -0.352. The third kappa shape index (κ3) is 2.18. The fourth-order valence-corrected chi connectivity index (χ4v) is 1.69. The van der Waals surface area contributed by atoms with E-state index in [4.69, 9.17) is 15.4 Å². The van der Waals surface area contributed by atoms with Crippen LogP contribution in [0.4, 0.5) is 5.69 Å². The minimum atomic E-state index is -4.31. The largest absolute Gasteiger partial charge is 0.399 e. The van der Waals surface area contributed by atoms with Gasteiger partial charge in [-0.15, -0.1) is 0 Å². The smallest absolute Gasteiger partial charge is 0.294 e. The molecule has 0 fully saturated rings. The molecule has 0 heterocycles. The maximum absolute atomic E-state index is 10.8. The molecule has 0 saturated carbocycles. The summed E-state index contributed by atoms with van der Waals surface area (Å²) in [6, 6.07) is 3.89. The fraction of sp³-hybridized carbons (Fsp3) is 0.143. The van der Waals surface area contributed by atoms with Crippen LogP contribution in [-0.4, -0.2) is 18.1 Å². The molecule has 5 nitrogen and oxygen atoms in total. The van der Waals surface area contributed by atoms with E-state index in [1.54, 1.807) is 0 Å². The van der Waals surface area contributed by atoms with Crippen molar-refractivity contribution in [1.29, 1.82) is 0 Å². The van der Waals surface area contributed by atoms with Crippen molar-refractivity contribution in [3.63, 3.8) is 0 Å². The average Bonchev–Trinajstić information content (AvgIpc) is 2.03. The van der Waals surface area contributed by atoms with Crippen LogP contribution in [0.1, 0.15) is 5.56 Å². The fourth-order valence-electron chi connectivity index (χ4n) is 0.942. The highest BCUT2D eigenvalue weighted by Crippen LogP contribution is 2.18. The van der Waals surface area contributed by atoms with Crippen molar-refractivity contribution in [2.75, 3.05) is 5.73 Å². The first-order valence-electron chi connectivity index (χ1n) is 3.42. The topological polar surface area (TPSA) is 101 Å². The number of hydrogen-bond acceptors (Lipinski definition) is 4. The molecule has 0 aliphatic carbocycles. The highest BCUT2D eigenvalue weighted by Gasteiger charge is 2.14. The summed E-state index contributed by atoms with van der Waals surface area (Å²) in [5, 5.41) is 8.76. The molecule has 0 bridgehead atoms. The molecule has 0 aromatic heterocycles. The number of rotatable bonds is 2. The van der Waals surface area contributed by atoms with E-state index in [0.717, 1.165) is 6.07 Å².